The molecule has 1 spiro atoms. The summed E-state index contributed by atoms with van der Waals surface area (Å²) >= 11 is 0. The van der Waals surface area contributed by atoms with E-state index < -0.39 is 0 Å². The van der Waals surface area contributed by atoms with Crippen LogP contribution >= 0.6 is 0 Å². The normalized spacial score (nSPS) is 21.0. The molecule has 2 aliphatic rings. The molecule has 0 radical (unpaired) electrons. The molecule has 2 fully saturated rings. The molecular formula is C19H28N2O3. The van der Waals surface area contributed by atoms with Gasteiger partial charge in [0.05, 0.1) is 18.8 Å². The summed E-state index contributed by atoms with van der Waals surface area (Å²) in [6, 6.07) is 10.1. The van der Waals surface area contributed by atoms with Crippen molar-refractivity contribution in [3.63, 3.8) is 0 Å². The predicted molar refractivity (Wildman–Crippen MR) is 93.0 cm³/mol. The third-order valence-electron chi connectivity index (χ3n) is 5.30. The lowest BCUT2D eigenvalue weighted by atomic mass is 9.96. The first-order valence-electron chi connectivity index (χ1n) is 9.05. The van der Waals surface area contributed by atoms with E-state index in [0.29, 0.717) is 32.7 Å². The van der Waals surface area contributed by atoms with Crippen molar-refractivity contribution in [3.8, 4) is 0 Å². The van der Waals surface area contributed by atoms with E-state index >= 15 is 0 Å². The van der Waals surface area contributed by atoms with Gasteiger partial charge < -0.3 is 20.1 Å². The van der Waals surface area contributed by atoms with Gasteiger partial charge in [-0.15, -0.1) is 0 Å². The molecule has 0 aromatic heterocycles. The number of carbonyl (C=O) groups is 1. The number of aliphatic hydroxyl groups excluding tert-OH is 1. The van der Waals surface area contributed by atoms with Crippen LogP contribution in [0.15, 0.2) is 30.3 Å². The van der Waals surface area contributed by atoms with Crippen LogP contribution in [0, 0.1) is 0 Å². The largest absolute Gasteiger partial charge is 0.396 e. The van der Waals surface area contributed by atoms with Crippen LogP contribution in [0.4, 0.5) is 4.79 Å². The minimum atomic E-state index is -0.0977. The number of hydrogen-bond donors (Lipinski definition) is 2. The predicted octanol–water partition coefficient (Wildman–Crippen LogP) is 2.51. The van der Waals surface area contributed by atoms with Crippen molar-refractivity contribution in [2.24, 2.45) is 0 Å². The standard InChI is InChI=1S/C19H28N2O3/c22-12-8-17(16-6-2-1-3-7-16)14-20-18(23)21-11-13-24-19(15-21)9-4-5-10-19/h1-3,6-7,17,22H,4-5,8-15H2,(H,20,23). The van der Waals surface area contributed by atoms with Crippen LogP contribution in [0.5, 0.6) is 0 Å². The molecule has 5 nitrogen and oxygen atoms in total. The van der Waals surface area contributed by atoms with Gasteiger partial charge in [-0.05, 0) is 24.8 Å². The Morgan fingerprint density at radius 3 is 2.75 bits per heavy atom. The van der Waals surface area contributed by atoms with E-state index in [1.54, 1.807) is 0 Å². The number of ether oxygens (including phenoxy) is 1. The molecule has 1 aromatic rings. The number of amides is 2. The van der Waals surface area contributed by atoms with Crippen LogP contribution in [-0.4, -0.2) is 54.5 Å². The Kier molecular flexibility index (Phi) is 5.74. The average Bonchev–Trinajstić information content (AvgIpc) is 3.06. The summed E-state index contributed by atoms with van der Waals surface area (Å²) in [7, 11) is 0. The van der Waals surface area contributed by atoms with Crippen molar-refractivity contribution < 1.29 is 14.6 Å². The number of morpholine rings is 1. The van der Waals surface area contributed by atoms with E-state index in [-0.39, 0.29) is 24.2 Å². The highest BCUT2D eigenvalue weighted by Crippen LogP contribution is 2.35. The maximum Gasteiger partial charge on any atom is 0.317 e. The van der Waals surface area contributed by atoms with Gasteiger partial charge in [0.2, 0.25) is 0 Å². The molecule has 0 bridgehead atoms. The Morgan fingerprint density at radius 2 is 2.04 bits per heavy atom. The SMILES string of the molecule is O=C(NCC(CCO)c1ccccc1)N1CCOC2(CCCC2)C1. The van der Waals surface area contributed by atoms with Gasteiger partial charge in [-0.25, -0.2) is 4.79 Å². The highest BCUT2D eigenvalue weighted by molar-refractivity contribution is 5.74. The Labute approximate surface area is 144 Å². The molecule has 2 amide bonds. The zero-order chi connectivity index (χ0) is 16.8. The van der Waals surface area contributed by atoms with Crippen LogP contribution in [0.25, 0.3) is 0 Å². The summed E-state index contributed by atoms with van der Waals surface area (Å²) in [6.45, 7) is 2.66. The highest BCUT2D eigenvalue weighted by atomic mass is 16.5. The topological polar surface area (TPSA) is 61.8 Å². The minimum Gasteiger partial charge on any atom is -0.396 e. The second-order valence-electron chi connectivity index (χ2n) is 6.97. The molecule has 1 aliphatic heterocycles. The van der Waals surface area contributed by atoms with Gasteiger partial charge in [0.15, 0.2) is 0 Å². The molecule has 3 rings (SSSR count). The maximum atomic E-state index is 12.6. The molecule has 1 saturated heterocycles. The third kappa shape index (κ3) is 4.08. The number of rotatable bonds is 5. The lowest BCUT2D eigenvalue weighted by Crippen LogP contribution is -2.55. The number of urea groups is 1. The van der Waals surface area contributed by atoms with Gasteiger partial charge in [0.25, 0.3) is 0 Å². The molecule has 1 heterocycles. The van der Waals surface area contributed by atoms with Crippen LogP contribution < -0.4 is 5.32 Å². The molecule has 1 saturated carbocycles. The third-order valence-corrected chi connectivity index (χ3v) is 5.30. The molecule has 1 atom stereocenters. The zero-order valence-corrected chi connectivity index (χ0v) is 14.2. The lowest BCUT2D eigenvalue weighted by molar-refractivity contribution is -0.0925. The summed E-state index contributed by atoms with van der Waals surface area (Å²) in [5, 5.41) is 12.4. The number of nitrogens with one attached hydrogen (secondary N) is 1. The number of hydrogen-bond acceptors (Lipinski definition) is 3. The van der Waals surface area contributed by atoms with E-state index in [1.807, 2.05) is 23.1 Å². The summed E-state index contributed by atoms with van der Waals surface area (Å²) in [5.74, 6) is 0.140. The molecule has 24 heavy (non-hydrogen) atoms. The van der Waals surface area contributed by atoms with Gasteiger partial charge >= 0.3 is 6.03 Å². The van der Waals surface area contributed by atoms with Gasteiger partial charge in [0.1, 0.15) is 0 Å². The van der Waals surface area contributed by atoms with Crippen LogP contribution in [-0.2, 0) is 4.74 Å². The van der Waals surface area contributed by atoms with Crippen molar-refractivity contribution >= 4 is 6.03 Å². The Balaban J connectivity index is 1.55. The number of aliphatic hydroxyl groups is 1. The minimum absolute atomic E-state index is 0.0107. The van der Waals surface area contributed by atoms with Gasteiger partial charge in [-0.3, -0.25) is 0 Å². The van der Waals surface area contributed by atoms with Crippen LogP contribution in [0.2, 0.25) is 0 Å². The second kappa shape index (κ2) is 7.99. The maximum absolute atomic E-state index is 12.6. The molecule has 2 N–H and O–H groups in total. The monoisotopic (exact) mass is 332 g/mol. The van der Waals surface area contributed by atoms with E-state index in [4.69, 9.17) is 4.74 Å². The fourth-order valence-electron chi connectivity index (χ4n) is 3.93. The first-order chi connectivity index (χ1) is 11.7. The van der Waals surface area contributed by atoms with Gasteiger partial charge in [-0.2, -0.15) is 0 Å². The summed E-state index contributed by atoms with van der Waals surface area (Å²) in [6.07, 6.45) is 5.17. The lowest BCUT2D eigenvalue weighted by Gasteiger charge is -2.40. The van der Waals surface area contributed by atoms with Gasteiger partial charge in [-0.1, -0.05) is 43.2 Å². The fourth-order valence-corrected chi connectivity index (χ4v) is 3.93. The summed E-state index contributed by atoms with van der Waals surface area (Å²) < 4.78 is 5.99. The molecule has 5 heteroatoms. The van der Waals surface area contributed by atoms with Crippen molar-refractivity contribution in [2.75, 3.05) is 32.8 Å². The van der Waals surface area contributed by atoms with Crippen LogP contribution in [0.3, 0.4) is 0 Å². The van der Waals surface area contributed by atoms with Crippen LogP contribution in [0.1, 0.15) is 43.6 Å². The summed E-state index contributed by atoms with van der Waals surface area (Å²) in [5.41, 5.74) is 1.06. The first-order valence-corrected chi connectivity index (χ1v) is 9.05. The Bertz CT molecular complexity index is 529. The van der Waals surface area contributed by atoms with Gasteiger partial charge in [0, 0.05) is 25.6 Å². The van der Waals surface area contributed by atoms with E-state index in [1.165, 1.54) is 12.8 Å². The first kappa shape index (κ1) is 17.2. The van der Waals surface area contributed by atoms with Crippen molar-refractivity contribution in [1.82, 2.24) is 10.2 Å². The smallest absolute Gasteiger partial charge is 0.317 e. The number of benzene rings is 1. The molecule has 1 unspecified atom stereocenters. The average molecular weight is 332 g/mol. The molecule has 1 aromatic carbocycles. The highest BCUT2D eigenvalue weighted by Gasteiger charge is 2.40. The number of carbonyl (C=O) groups excluding carboxylic acids is 1. The van der Waals surface area contributed by atoms with Crippen molar-refractivity contribution in [2.45, 2.75) is 43.6 Å². The zero-order valence-electron chi connectivity index (χ0n) is 14.2. The van der Waals surface area contributed by atoms with E-state index in [2.05, 4.69) is 17.4 Å². The van der Waals surface area contributed by atoms with E-state index in [9.17, 15) is 9.90 Å². The molecule has 1 aliphatic carbocycles. The molecular weight excluding hydrogens is 304 g/mol. The number of nitrogens with zero attached hydrogens (tertiary/aromatic N) is 1. The fraction of sp³-hybridized carbons (Fsp3) is 0.632. The second-order valence-corrected chi connectivity index (χ2v) is 6.97. The Morgan fingerprint density at radius 1 is 1.29 bits per heavy atom. The quantitative estimate of drug-likeness (QED) is 0.871. The van der Waals surface area contributed by atoms with Crippen molar-refractivity contribution in [3.05, 3.63) is 35.9 Å². The van der Waals surface area contributed by atoms with E-state index in [0.717, 1.165) is 18.4 Å². The Hall–Kier alpha value is -1.59. The summed E-state index contributed by atoms with van der Waals surface area (Å²) in [4.78, 5) is 14.5. The molecule has 132 valence electrons. The van der Waals surface area contributed by atoms with Crippen molar-refractivity contribution in [1.29, 1.82) is 0 Å².